The monoisotopic (exact) mass is 283 g/mol. The number of aromatic nitrogens is 3. The van der Waals surface area contributed by atoms with Crippen LogP contribution in [0.25, 0.3) is 11.0 Å². The van der Waals surface area contributed by atoms with E-state index < -0.39 is 4.92 Å². The van der Waals surface area contributed by atoms with Crippen LogP contribution in [0.15, 0.2) is 36.5 Å². The maximum Gasteiger partial charge on any atom is 0.287 e. The maximum absolute atomic E-state index is 10.6. The van der Waals surface area contributed by atoms with Gasteiger partial charge in [-0.3, -0.25) is 10.1 Å². The third-order valence-corrected chi connectivity index (χ3v) is 3.16. The summed E-state index contributed by atoms with van der Waals surface area (Å²) in [5.74, 6) is 1.36. The molecule has 0 fully saturated rings. The summed E-state index contributed by atoms with van der Waals surface area (Å²) in [6, 6.07) is 8.95. The summed E-state index contributed by atoms with van der Waals surface area (Å²) >= 11 is 0. The Morgan fingerprint density at radius 2 is 2.19 bits per heavy atom. The van der Waals surface area contributed by atoms with Gasteiger partial charge in [-0.05, 0) is 24.6 Å². The smallest absolute Gasteiger partial charge is 0.287 e. The van der Waals surface area contributed by atoms with Gasteiger partial charge < -0.3 is 10.3 Å². The van der Waals surface area contributed by atoms with Crippen molar-refractivity contribution in [3.63, 3.8) is 0 Å². The lowest BCUT2D eigenvalue weighted by molar-refractivity contribution is -0.385. The van der Waals surface area contributed by atoms with Crippen molar-refractivity contribution in [2.45, 2.75) is 13.5 Å². The van der Waals surface area contributed by atoms with Gasteiger partial charge in [0.05, 0.1) is 22.5 Å². The van der Waals surface area contributed by atoms with E-state index in [0.717, 1.165) is 22.4 Å². The Bertz CT molecular complexity index is 795. The Morgan fingerprint density at radius 3 is 2.86 bits per heavy atom. The molecule has 3 aromatic rings. The molecule has 0 aliphatic carbocycles. The molecule has 0 unspecified atom stereocenters. The lowest BCUT2D eigenvalue weighted by Gasteiger charge is -2.02. The molecule has 21 heavy (non-hydrogen) atoms. The number of hydrogen-bond donors (Lipinski definition) is 2. The van der Waals surface area contributed by atoms with E-state index in [1.54, 1.807) is 6.07 Å². The Kier molecular flexibility index (Phi) is 3.23. The first-order valence-corrected chi connectivity index (χ1v) is 6.42. The SMILES string of the molecule is Cc1cccc2[nH]c(CNc3ccc([N+](=O)[O-])cn3)nc12. The number of anilines is 1. The second-order valence-electron chi connectivity index (χ2n) is 4.67. The van der Waals surface area contributed by atoms with Crippen LogP contribution in [-0.4, -0.2) is 19.9 Å². The van der Waals surface area contributed by atoms with E-state index in [-0.39, 0.29) is 5.69 Å². The fourth-order valence-electron chi connectivity index (χ4n) is 2.08. The summed E-state index contributed by atoms with van der Waals surface area (Å²) in [5, 5.41) is 13.6. The first kappa shape index (κ1) is 13.0. The summed E-state index contributed by atoms with van der Waals surface area (Å²) in [6.07, 6.45) is 1.23. The Labute approximate surface area is 120 Å². The normalized spacial score (nSPS) is 10.7. The van der Waals surface area contributed by atoms with Gasteiger partial charge in [0.1, 0.15) is 17.8 Å². The van der Waals surface area contributed by atoms with Crippen LogP contribution in [-0.2, 0) is 6.54 Å². The molecule has 0 spiro atoms. The Balaban J connectivity index is 1.74. The molecular formula is C14H13N5O2. The zero-order chi connectivity index (χ0) is 14.8. The number of nitrogens with zero attached hydrogens (tertiary/aromatic N) is 3. The van der Waals surface area contributed by atoms with Crippen LogP contribution >= 0.6 is 0 Å². The molecule has 2 aromatic heterocycles. The topological polar surface area (TPSA) is 96.7 Å². The average Bonchev–Trinajstić information content (AvgIpc) is 2.90. The van der Waals surface area contributed by atoms with Crippen LogP contribution in [0.4, 0.5) is 11.5 Å². The van der Waals surface area contributed by atoms with Gasteiger partial charge >= 0.3 is 0 Å². The first-order valence-electron chi connectivity index (χ1n) is 6.42. The van der Waals surface area contributed by atoms with E-state index in [4.69, 9.17) is 0 Å². The average molecular weight is 283 g/mol. The summed E-state index contributed by atoms with van der Waals surface area (Å²) < 4.78 is 0. The largest absolute Gasteiger partial charge is 0.363 e. The minimum atomic E-state index is -0.473. The number of pyridine rings is 1. The van der Waals surface area contributed by atoms with Crippen molar-refractivity contribution >= 4 is 22.5 Å². The highest BCUT2D eigenvalue weighted by Crippen LogP contribution is 2.16. The van der Waals surface area contributed by atoms with Crippen molar-refractivity contribution < 1.29 is 4.92 Å². The number of nitrogens with one attached hydrogen (secondary N) is 2. The van der Waals surface area contributed by atoms with Gasteiger partial charge in [0, 0.05) is 6.07 Å². The molecule has 2 heterocycles. The highest BCUT2D eigenvalue weighted by atomic mass is 16.6. The van der Waals surface area contributed by atoms with Crippen LogP contribution in [0.3, 0.4) is 0 Å². The van der Waals surface area contributed by atoms with Crippen molar-refractivity contribution in [3.8, 4) is 0 Å². The highest BCUT2D eigenvalue weighted by molar-refractivity contribution is 5.78. The molecule has 3 rings (SSSR count). The molecule has 2 N–H and O–H groups in total. The quantitative estimate of drug-likeness (QED) is 0.567. The van der Waals surface area contributed by atoms with Gasteiger partial charge in [0.15, 0.2) is 0 Å². The van der Waals surface area contributed by atoms with E-state index in [1.165, 1.54) is 12.3 Å². The van der Waals surface area contributed by atoms with Gasteiger partial charge in [-0.1, -0.05) is 12.1 Å². The molecule has 1 aromatic carbocycles. The zero-order valence-corrected chi connectivity index (χ0v) is 11.3. The molecule has 0 bridgehead atoms. The van der Waals surface area contributed by atoms with Crippen molar-refractivity contribution in [1.82, 2.24) is 15.0 Å². The molecule has 0 radical (unpaired) electrons. The minimum Gasteiger partial charge on any atom is -0.363 e. The van der Waals surface area contributed by atoms with Crippen LogP contribution in [0, 0.1) is 17.0 Å². The summed E-state index contributed by atoms with van der Waals surface area (Å²) in [7, 11) is 0. The summed E-state index contributed by atoms with van der Waals surface area (Å²) in [5.41, 5.74) is 3.03. The lowest BCUT2D eigenvalue weighted by atomic mass is 10.2. The van der Waals surface area contributed by atoms with Gasteiger partial charge in [-0.2, -0.15) is 0 Å². The molecule has 7 heteroatoms. The van der Waals surface area contributed by atoms with Crippen LogP contribution in [0.5, 0.6) is 0 Å². The lowest BCUT2D eigenvalue weighted by Crippen LogP contribution is -2.03. The second-order valence-corrected chi connectivity index (χ2v) is 4.67. The van der Waals surface area contributed by atoms with Crippen molar-refractivity contribution in [1.29, 1.82) is 0 Å². The van der Waals surface area contributed by atoms with Crippen LogP contribution in [0.1, 0.15) is 11.4 Å². The number of aryl methyl sites for hydroxylation is 1. The predicted octanol–water partition coefficient (Wildman–Crippen LogP) is 2.79. The van der Waals surface area contributed by atoms with Crippen molar-refractivity contribution in [3.05, 3.63) is 58.0 Å². The second kappa shape index (κ2) is 5.20. The van der Waals surface area contributed by atoms with E-state index in [0.29, 0.717) is 12.4 Å². The third kappa shape index (κ3) is 2.66. The summed E-state index contributed by atoms with van der Waals surface area (Å²) in [6.45, 7) is 2.48. The number of fused-ring (bicyclic) bond motifs is 1. The standard InChI is InChI=1S/C14H13N5O2/c1-9-3-2-4-11-14(9)18-13(17-11)8-16-12-6-5-10(7-15-12)19(20)21/h2-7H,8H2,1H3,(H,15,16)(H,17,18). The highest BCUT2D eigenvalue weighted by Gasteiger charge is 2.07. The van der Waals surface area contributed by atoms with E-state index >= 15 is 0 Å². The fourth-order valence-corrected chi connectivity index (χ4v) is 2.08. The van der Waals surface area contributed by atoms with E-state index in [1.807, 2.05) is 25.1 Å². The maximum atomic E-state index is 10.6. The molecule has 0 amide bonds. The minimum absolute atomic E-state index is 0.0279. The van der Waals surface area contributed by atoms with Crippen molar-refractivity contribution in [2.75, 3.05) is 5.32 Å². The van der Waals surface area contributed by atoms with Gasteiger partial charge in [0.25, 0.3) is 5.69 Å². The number of aromatic amines is 1. The zero-order valence-electron chi connectivity index (χ0n) is 11.3. The van der Waals surface area contributed by atoms with Gasteiger partial charge in [-0.25, -0.2) is 9.97 Å². The number of hydrogen-bond acceptors (Lipinski definition) is 5. The molecule has 7 nitrogen and oxygen atoms in total. The van der Waals surface area contributed by atoms with E-state index in [9.17, 15) is 10.1 Å². The molecule has 0 aliphatic rings. The molecule has 0 aliphatic heterocycles. The number of benzene rings is 1. The third-order valence-electron chi connectivity index (χ3n) is 3.16. The molecule has 0 saturated heterocycles. The molecule has 0 saturated carbocycles. The predicted molar refractivity (Wildman–Crippen MR) is 79.0 cm³/mol. The number of imidazole rings is 1. The van der Waals surface area contributed by atoms with Crippen LogP contribution in [0.2, 0.25) is 0 Å². The first-order chi connectivity index (χ1) is 10.1. The molecular weight excluding hydrogens is 270 g/mol. The number of rotatable bonds is 4. The summed E-state index contributed by atoms with van der Waals surface area (Å²) in [4.78, 5) is 21.8. The Hall–Kier alpha value is -2.96. The van der Waals surface area contributed by atoms with Gasteiger partial charge in [0.2, 0.25) is 0 Å². The molecule has 106 valence electrons. The number of nitro groups is 1. The van der Waals surface area contributed by atoms with Gasteiger partial charge in [-0.15, -0.1) is 0 Å². The van der Waals surface area contributed by atoms with E-state index in [2.05, 4.69) is 20.3 Å². The number of H-pyrrole nitrogens is 1. The van der Waals surface area contributed by atoms with Crippen LogP contribution < -0.4 is 5.32 Å². The van der Waals surface area contributed by atoms with Crippen molar-refractivity contribution in [2.24, 2.45) is 0 Å². The molecule has 0 atom stereocenters. The fraction of sp³-hybridized carbons (Fsp3) is 0.143. The Morgan fingerprint density at radius 1 is 1.33 bits per heavy atom. The number of para-hydroxylation sites is 1.